The van der Waals surface area contributed by atoms with E-state index in [-0.39, 0.29) is 60.8 Å². The molecule has 4 saturated carbocycles. The van der Waals surface area contributed by atoms with Crippen molar-refractivity contribution in [1.82, 2.24) is 0 Å². The Kier molecular flexibility index (Phi) is 24.3. The van der Waals surface area contributed by atoms with Crippen molar-refractivity contribution in [2.45, 2.75) is 167 Å². The van der Waals surface area contributed by atoms with Gasteiger partial charge in [0.25, 0.3) is 0 Å². The number of carbonyl (C=O) groups excluding carboxylic acids is 6. The van der Waals surface area contributed by atoms with E-state index in [9.17, 15) is 28.8 Å². The Morgan fingerprint density at radius 3 is 1.27 bits per heavy atom. The van der Waals surface area contributed by atoms with Gasteiger partial charge in [-0.25, -0.2) is 9.59 Å². The van der Waals surface area contributed by atoms with E-state index in [1.165, 1.54) is 0 Å². The maximum absolute atomic E-state index is 14.0. The quantitative estimate of drug-likeness (QED) is 0.0260. The Morgan fingerprint density at radius 2 is 0.836 bits per heavy atom. The van der Waals surface area contributed by atoms with E-state index in [1.807, 2.05) is 18.2 Å². The summed E-state index contributed by atoms with van der Waals surface area (Å²) in [4.78, 5) is 75.9. The number of rotatable bonds is 28. The number of aryl methyl sites for hydroxylation is 1. The Bertz CT molecular complexity index is 2100. The first-order valence-electron chi connectivity index (χ1n) is 28.1. The van der Waals surface area contributed by atoms with Crippen LogP contribution in [0.5, 0.6) is 11.5 Å². The van der Waals surface area contributed by atoms with Crippen molar-refractivity contribution in [2.75, 3.05) is 39.6 Å². The third-order valence-corrected chi connectivity index (χ3v) is 16.2. The zero-order valence-corrected chi connectivity index (χ0v) is 43.8. The van der Waals surface area contributed by atoms with Crippen molar-refractivity contribution in [2.24, 2.45) is 47.3 Å². The molecule has 73 heavy (non-hydrogen) atoms. The summed E-state index contributed by atoms with van der Waals surface area (Å²) in [5.41, 5.74) is 1.05. The lowest BCUT2D eigenvalue weighted by Gasteiger charge is -2.37. The molecule has 0 aromatic heterocycles. The predicted molar refractivity (Wildman–Crippen MR) is 278 cm³/mol. The van der Waals surface area contributed by atoms with Gasteiger partial charge in [0.15, 0.2) is 0 Å². The largest absolute Gasteiger partial charge is 0.465 e. The Labute approximate surface area is 434 Å². The number of carbonyl (C=O) groups is 6. The van der Waals surface area contributed by atoms with E-state index in [0.717, 1.165) is 170 Å². The summed E-state index contributed by atoms with van der Waals surface area (Å²) in [6, 6.07) is 9.64. The van der Waals surface area contributed by atoms with E-state index in [1.54, 1.807) is 6.07 Å². The highest BCUT2D eigenvalue weighted by Crippen LogP contribution is 2.45. The van der Waals surface area contributed by atoms with Gasteiger partial charge in [-0.2, -0.15) is 0 Å². The molecule has 0 unspecified atom stereocenters. The molecule has 4 aliphatic rings. The molecule has 0 radical (unpaired) electrons. The van der Waals surface area contributed by atoms with Crippen molar-refractivity contribution in [3.05, 3.63) is 61.2 Å². The summed E-state index contributed by atoms with van der Waals surface area (Å²) in [6.45, 7) is 11.6. The maximum Gasteiger partial charge on any atom is 0.330 e. The topological polar surface area (TPSA) is 167 Å². The average Bonchev–Trinajstić information content (AvgIpc) is 3.42. The molecule has 0 amide bonds. The molecule has 0 spiro atoms. The third kappa shape index (κ3) is 18.1. The second-order valence-corrected chi connectivity index (χ2v) is 21.1. The van der Waals surface area contributed by atoms with Crippen molar-refractivity contribution in [1.29, 1.82) is 0 Å². The Hall–Kier alpha value is -5.04. The molecule has 4 aliphatic carbocycles. The van der Waals surface area contributed by atoms with Crippen molar-refractivity contribution < 1.29 is 61.9 Å². The number of unbranched alkanes of at least 4 members (excludes halogenated alkanes) is 4. The highest BCUT2D eigenvalue weighted by atomic mass is 16.6. The molecular formula is C60H84O13. The molecule has 0 atom stereocenters. The van der Waals surface area contributed by atoms with Crippen LogP contribution < -0.4 is 9.47 Å². The highest BCUT2D eigenvalue weighted by molar-refractivity contribution is 5.98. The summed E-state index contributed by atoms with van der Waals surface area (Å²) in [7, 11) is 0. The number of ether oxygens (including phenoxy) is 7. The van der Waals surface area contributed by atoms with Crippen molar-refractivity contribution in [3.63, 3.8) is 0 Å². The van der Waals surface area contributed by atoms with Gasteiger partial charge in [-0.1, -0.05) is 44.7 Å². The molecule has 13 nitrogen and oxygen atoms in total. The Balaban J connectivity index is 0.975. The molecule has 0 heterocycles. The number of esters is 6. The zero-order chi connectivity index (χ0) is 51.8. The fraction of sp³-hybridized carbons (Fsp3) is 0.667. The van der Waals surface area contributed by atoms with E-state index in [2.05, 4.69) is 26.1 Å². The van der Waals surface area contributed by atoms with Crippen LogP contribution in [0.15, 0.2) is 55.6 Å². The van der Waals surface area contributed by atoms with Gasteiger partial charge >= 0.3 is 35.8 Å². The van der Waals surface area contributed by atoms with Crippen LogP contribution in [-0.2, 0) is 58.9 Å². The SMILES string of the molecule is C=CC(=O)OCCCCOC(=O)C1CCC(C2CCC(C(=O)Oc3ccc(OC(=O)C4CCC(C5CCC(C(=O)OCCCCOC(=O)C=C)CC5)CC4)c4c(CCCCOCCCC)cccc34)CC2)CC1. The summed E-state index contributed by atoms with van der Waals surface area (Å²) >= 11 is 0. The molecule has 4 fully saturated rings. The van der Waals surface area contributed by atoms with Crippen LogP contribution in [-0.4, -0.2) is 75.5 Å². The molecule has 2 aromatic rings. The van der Waals surface area contributed by atoms with Gasteiger partial charge in [-0.3, -0.25) is 19.2 Å². The molecular weight excluding hydrogens is 929 g/mol. The van der Waals surface area contributed by atoms with Crippen LogP contribution in [0.3, 0.4) is 0 Å². The van der Waals surface area contributed by atoms with E-state index in [4.69, 9.17) is 33.2 Å². The lowest BCUT2D eigenvalue weighted by Crippen LogP contribution is -2.31. The molecule has 13 heteroatoms. The lowest BCUT2D eigenvalue weighted by molar-refractivity contribution is -0.151. The maximum atomic E-state index is 14.0. The van der Waals surface area contributed by atoms with Crippen molar-refractivity contribution >= 4 is 46.6 Å². The van der Waals surface area contributed by atoms with E-state index >= 15 is 0 Å². The van der Waals surface area contributed by atoms with Crippen LogP contribution in [0.4, 0.5) is 0 Å². The molecule has 0 bridgehead atoms. The minimum atomic E-state index is -0.447. The second kappa shape index (κ2) is 31.0. The standard InChI is InChI=1S/C60H84O13/c1-4-7-36-67-37-9-8-15-46-16-14-17-51-52(72-59(65)49-30-22-44(23-31-49)42-18-26-47(27-19-42)57(63)70-40-12-10-38-68-54(61)5-2)34-35-53(56(46)51)73-60(66)50-32-24-45(25-33-50)43-20-28-48(29-21-43)58(64)71-41-13-11-39-69-55(62)6-3/h5-6,14,16-17,34-35,42-45,47-50H,2-4,7-13,15,18-33,36-41H2,1H3. The van der Waals surface area contributed by atoms with Crippen LogP contribution in [0.25, 0.3) is 10.8 Å². The highest BCUT2D eigenvalue weighted by Gasteiger charge is 2.38. The van der Waals surface area contributed by atoms with Gasteiger partial charge in [0.2, 0.25) is 0 Å². The first-order chi connectivity index (χ1) is 35.6. The number of benzene rings is 2. The zero-order valence-electron chi connectivity index (χ0n) is 43.8. The third-order valence-electron chi connectivity index (χ3n) is 16.2. The number of hydrogen-bond acceptors (Lipinski definition) is 13. The predicted octanol–water partition coefficient (Wildman–Crippen LogP) is 12.1. The first kappa shape index (κ1) is 57.2. The van der Waals surface area contributed by atoms with Crippen LogP contribution in [0.1, 0.15) is 167 Å². The fourth-order valence-corrected chi connectivity index (χ4v) is 11.8. The summed E-state index contributed by atoms with van der Waals surface area (Å²) in [5, 5.41) is 1.59. The molecule has 0 N–H and O–H groups in total. The number of fused-ring (bicyclic) bond motifs is 1. The van der Waals surface area contributed by atoms with Gasteiger partial charge in [0.1, 0.15) is 11.5 Å². The average molecular weight is 1010 g/mol. The Morgan fingerprint density at radius 1 is 0.452 bits per heavy atom. The van der Waals surface area contributed by atoms with Gasteiger partial charge in [-0.05, 0) is 195 Å². The van der Waals surface area contributed by atoms with E-state index < -0.39 is 11.9 Å². The second-order valence-electron chi connectivity index (χ2n) is 21.1. The monoisotopic (exact) mass is 1010 g/mol. The fourth-order valence-electron chi connectivity index (χ4n) is 11.8. The summed E-state index contributed by atoms with van der Waals surface area (Å²) < 4.78 is 39.6. The number of hydrogen-bond donors (Lipinski definition) is 0. The van der Waals surface area contributed by atoms with Crippen LogP contribution in [0, 0.1) is 47.3 Å². The summed E-state index contributed by atoms with van der Waals surface area (Å²) in [5.74, 6) is 0.970. The minimum absolute atomic E-state index is 0.0762. The molecule has 0 aliphatic heterocycles. The smallest absolute Gasteiger partial charge is 0.330 e. The van der Waals surface area contributed by atoms with Crippen LogP contribution in [0.2, 0.25) is 0 Å². The molecule has 2 aromatic carbocycles. The van der Waals surface area contributed by atoms with Gasteiger partial charge in [-0.15, -0.1) is 0 Å². The lowest BCUT2D eigenvalue weighted by atomic mass is 9.69. The molecule has 0 saturated heterocycles. The van der Waals surface area contributed by atoms with Crippen molar-refractivity contribution in [3.8, 4) is 11.5 Å². The van der Waals surface area contributed by atoms with Crippen LogP contribution >= 0.6 is 0 Å². The molecule has 402 valence electrons. The van der Waals surface area contributed by atoms with Gasteiger partial charge < -0.3 is 33.2 Å². The van der Waals surface area contributed by atoms with E-state index in [0.29, 0.717) is 80.7 Å². The normalized spacial score (nSPS) is 24.1. The summed E-state index contributed by atoms with van der Waals surface area (Å²) in [6.07, 6.45) is 23.7. The van der Waals surface area contributed by atoms with Gasteiger partial charge in [0.05, 0.1) is 50.1 Å². The van der Waals surface area contributed by atoms with Gasteiger partial charge in [0, 0.05) is 36.1 Å². The molecule has 6 rings (SSSR count). The minimum Gasteiger partial charge on any atom is -0.465 e. The first-order valence-corrected chi connectivity index (χ1v) is 28.1.